The van der Waals surface area contributed by atoms with E-state index < -0.39 is 0 Å². The van der Waals surface area contributed by atoms with Gasteiger partial charge >= 0.3 is 0 Å². The standard InChI is InChI=1S/C20H23ClN4O/c21-17-5-3-4-16(14-17)15-25-19-7-2-1-6-18(19)22-20(25)24-10-8-23(9-11-24)12-13-26/h1-7,14,26H,8-13,15H2. The van der Waals surface area contributed by atoms with E-state index in [1.165, 1.54) is 5.56 Å². The quantitative estimate of drug-likeness (QED) is 0.750. The van der Waals surface area contributed by atoms with Crippen LogP contribution in [0.2, 0.25) is 5.02 Å². The molecule has 1 fully saturated rings. The van der Waals surface area contributed by atoms with Gasteiger partial charge in [-0.2, -0.15) is 0 Å². The zero-order valence-corrected chi connectivity index (χ0v) is 15.4. The Bertz CT molecular complexity index is 886. The van der Waals surface area contributed by atoms with Crippen molar-refractivity contribution >= 4 is 28.6 Å². The highest BCUT2D eigenvalue weighted by molar-refractivity contribution is 6.30. The van der Waals surface area contributed by atoms with Crippen LogP contribution in [0.3, 0.4) is 0 Å². The molecular formula is C20H23ClN4O. The van der Waals surface area contributed by atoms with E-state index in [-0.39, 0.29) is 6.61 Å². The summed E-state index contributed by atoms with van der Waals surface area (Å²) in [5.41, 5.74) is 3.32. The summed E-state index contributed by atoms with van der Waals surface area (Å²) >= 11 is 6.18. The first-order chi connectivity index (χ1) is 12.7. The number of aromatic nitrogens is 2. The van der Waals surface area contributed by atoms with Gasteiger partial charge in [0.1, 0.15) is 0 Å². The predicted molar refractivity (Wildman–Crippen MR) is 106 cm³/mol. The minimum absolute atomic E-state index is 0.216. The van der Waals surface area contributed by atoms with E-state index in [9.17, 15) is 0 Å². The minimum atomic E-state index is 0.216. The van der Waals surface area contributed by atoms with E-state index in [0.29, 0.717) is 0 Å². The zero-order valence-electron chi connectivity index (χ0n) is 14.7. The van der Waals surface area contributed by atoms with Crippen LogP contribution in [0.1, 0.15) is 5.56 Å². The Morgan fingerprint density at radius 3 is 2.58 bits per heavy atom. The second kappa shape index (κ2) is 7.66. The van der Waals surface area contributed by atoms with Crippen LogP contribution in [0.15, 0.2) is 48.5 Å². The number of piperazine rings is 1. The van der Waals surface area contributed by atoms with Crippen LogP contribution in [-0.2, 0) is 6.54 Å². The third-order valence-corrected chi connectivity index (χ3v) is 5.17. The molecular weight excluding hydrogens is 348 g/mol. The fraction of sp³-hybridized carbons (Fsp3) is 0.350. The number of benzene rings is 2. The van der Waals surface area contributed by atoms with Gasteiger partial charge in [-0.15, -0.1) is 0 Å². The van der Waals surface area contributed by atoms with Gasteiger partial charge in [0.05, 0.1) is 24.2 Å². The Balaban J connectivity index is 1.66. The second-order valence-corrected chi connectivity index (χ2v) is 7.11. The Kier molecular flexibility index (Phi) is 5.11. The molecule has 6 heteroatoms. The number of para-hydroxylation sites is 2. The lowest BCUT2D eigenvalue weighted by molar-refractivity contribution is 0.188. The number of hydrogen-bond acceptors (Lipinski definition) is 4. The number of aliphatic hydroxyl groups excluding tert-OH is 1. The van der Waals surface area contributed by atoms with Crippen molar-refractivity contribution in [3.63, 3.8) is 0 Å². The van der Waals surface area contributed by atoms with Crippen LogP contribution in [0.5, 0.6) is 0 Å². The number of hydrogen-bond donors (Lipinski definition) is 1. The summed E-state index contributed by atoms with van der Waals surface area (Å²) in [7, 11) is 0. The van der Waals surface area contributed by atoms with Crippen molar-refractivity contribution in [3.8, 4) is 0 Å². The van der Waals surface area contributed by atoms with E-state index in [2.05, 4.69) is 38.6 Å². The molecule has 0 spiro atoms. The third kappa shape index (κ3) is 3.56. The van der Waals surface area contributed by atoms with Gasteiger partial charge in [-0.25, -0.2) is 4.98 Å². The third-order valence-electron chi connectivity index (χ3n) is 4.94. The molecule has 0 aliphatic carbocycles. The highest BCUT2D eigenvalue weighted by atomic mass is 35.5. The largest absolute Gasteiger partial charge is 0.395 e. The van der Waals surface area contributed by atoms with Gasteiger partial charge in [0.15, 0.2) is 0 Å². The summed E-state index contributed by atoms with van der Waals surface area (Å²) < 4.78 is 2.28. The van der Waals surface area contributed by atoms with Crippen molar-refractivity contribution in [2.75, 3.05) is 44.2 Å². The number of aliphatic hydroxyl groups is 1. The number of β-amino-alcohol motifs (C(OH)–C–C–N with tert-alkyl or cyclic N) is 1. The van der Waals surface area contributed by atoms with Crippen LogP contribution < -0.4 is 4.90 Å². The molecule has 3 aromatic rings. The van der Waals surface area contributed by atoms with E-state index in [4.69, 9.17) is 21.7 Å². The number of rotatable bonds is 5. The summed E-state index contributed by atoms with van der Waals surface area (Å²) in [6.07, 6.45) is 0. The molecule has 5 nitrogen and oxygen atoms in total. The van der Waals surface area contributed by atoms with E-state index >= 15 is 0 Å². The molecule has 0 amide bonds. The van der Waals surface area contributed by atoms with Gasteiger partial charge in [0, 0.05) is 37.7 Å². The lowest BCUT2D eigenvalue weighted by Gasteiger charge is -2.35. The number of anilines is 1. The topological polar surface area (TPSA) is 44.5 Å². The van der Waals surface area contributed by atoms with Gasteiger partial charge in [-0.05, 0) is 29.8 Å². The summed E-state index contributed by atoms with van der Waals surface area (Å²) in [6.45, 7) is 5.42. The van der Waals surface area contributed by atoms with E-state index in [1.54, 1.807) is 0 Å². The summed E-state index contributed by atoms with van der Waals surface area (Å²) in [6, 6.07) is 16.3. The fourth-order valence-electron chi connectivity index (χ4n) is 3.59. The first kappa shape index (κ1) is 17.3. The Hall–Kier alpha value is -2.08. The molecule has 4 rings (SSSR count). The molecule has 0 radical (unpaired) electrons. The first-order valence-electron chi connectivity index (χ1n) is 9.02. The molecule has 0 saturated carbocycles. The molecule has 136 valence electrons. The zero-order chi connectivity index (χ0) is 17.9. The number of imidazole rings is 1. The van der Waals surface area contributed by atoms with Crippen LogP contribution in [0.4, 0.5) is 5.95 Å². The average molecular weight is 371 g/mol. The van der Waals surface area contributed by atoms with Gasteiger partial charge in [0.25, 0.3) is 0 Å². The van der Waals surface area contributed by atoms with Gasteiger partial charge in [-0.3, -0.25) is 4.90 Å². The van der Waals surface area contributed by atoms with Gasteiger partial charge in [-0.1, -0.05) is 35.9 Å². The number of fused-ring (bicyclic) bond motifs is 1. The molecule has 0 unspecified atom stereocenters. The maximum Gasteiger partial charge on any atom is 0.206 e. The van der Waals surface area contributed by atoms with Crippen LogP contribution in [0.25, 0.3) is 11.0 Å². The second-order valence-electron chi connectivity index (χ2n) is 6.67. The molecule has 0 atom stereocenters. The fourth-order valence-corrected chi connectivity index (χ4v) is 3.80. The molecule has 0 bridgehead atoms. The Morgan fingerprint density at radius 2 is 1.81 bits per heavy atom. The SMILES string of the molecule is OCCN1CCN(c2nc3ccccc3n2Cc2cccc(Cl)c2)CC1. The molecule has 1 N–H and O–H groups in total. The Morgan fingerprint density at radius 1 is 1.00 bits per heavy atom. The molecule has 1 saturated heterocycles. The van der Waals surface area contributed by atoms with Crippen molar-refractivity contribution in [1.82, 2.24) is 14.5 Å². The Labute approximate surface area is 158 Å². The number of nitrogens with zero attached hydrogens (tertiary/aromatic N) is 4. The lowest BCUT2D eigenvalue weighted by Crippen LogP contribution is -2.48. The van der Waals surface area contributed by atoms with Crippen molar-refractivity contribution < 1.29 is 5.11 Å². The van der Waals surface area contributed by atoms with E-state index in [0.717, 1.165) is 61.3 Å². The summed E-state index contributed by atoms with van der Waals surface area (Å²) in [5, 5.41) is 9.90. The molecule has 1 aliphatic heterocycles. The summed E-state index contributed by atoms with van der Waals surface area (Å²) in [4.78, 5) is 9.55. The highest BCUT2D eigenvalue weighted by Crippen LogP contribution is 2.25. The van der Waals surface area contributed by atoms with Crippen molar-refractivity contribution in [2.45, 2.75) is 6.54 Å². The minimum Gasteiger partial charge on any atom is -0.395 e. The summed E-state index contributed by atoms with van der Waals surface area (Å²) in [5.74, 6) is 1.01. The maximum atomic E-state index is 9.14. The number of halogens is 1. The smallest absolute Gasteiger partial charge is 0.206 e. The lowest BCUT2D eigenvalue weighted by atomic mass is 10.2. The van der Waals surface area contributed by atoms with Gasteiger partial charge < -0.3 is 14.6 Å². The molecule has 2 aromatic carbocycles. The monoisotopic (exact) mass is 370 g/mol. The van der Waals surface area contributed by atoms with Crippen LogP contribution in [-0.4, -0.2) is 58.9 Å². The molecule has 1 aliphatic rings. The highest BCUT2D eigenvalue weighted by Gasteiger charge is 2.22. The van der Waals surface area contributed by atoms with E-state index in [1.807, 2.05) is 24.3 Å². The first-order valence-corrected chi connectivity index (χ1v) is 9.40. The van der Waals surface area contributed by atoms with Crippen molar-refractivity contribution in [1.29, 1.82) is 0 Å². The normalized spacial score (nSPS) is 15.7. The van der Waals surface area contributed by atoms with Crippen molar-refractivity contribution in [3.05, 3.63) is 59.1 Å². The molecule has 1 aromatic heterocycles. The maximum absolute atomic E-state index is 9.14. The van der Waals surface area contributed by atoms with Gasteiger partial charge in [0.2, 0.25) is 5.95 Å². The van der Waals surface area contributed by atoms with Crippen LogP contribution in [0, 0.1) is 0 Å². The predicted octanol–water partition coefficient (Wildman–Crippen LogP) is 2.85. The van der Waals surface area contributed by atoms with Crippen LogP contribution >= 0.6 is 11.6 Å². The molecule has 26 heavy (non-hydrogen) atoms. The molecule has 2 heterocycles. The average Bonchev–Trinajstić information content (AvgIpc) is 3.01. The van der Waals surface area contributed by atoms with Crippen molar-refractivity contribution in [2.24, 2.45) is 0 Å².